The maximum Gasteiger partial charge on any atom is 0.230 e. The van der Waals surface area contributed by atoms with Crippen molar-refractivity contribution in [2.24, 2.45) is 17.3 Å². The number of likely N-dealkylation sites (tertiary alicyclic amines) is 1. The van der Waals surface area contributed by atoms with Gasteiger partial charge < -0.3 is 15.3 Å². The van der Waals surface area contributed by atoms with Crippen molar-refractivity contribution in [1.29, 1.82) is 0 Å². The van der Waals surface area contributed by atoms with E-state index in [0.717, 1.165) is 51.9 Å². The van der Waals surface area contributed by atoms with Crippen LogP contribution in [0.1, 0.15) is 39.5 Å². The molecule has 2 saturated heterocycles. The molecule has 2 atom stereocenters. The third kappa shape index (κ3) is 2.95. The zero-order chi connectivity index (χ0) is 13.9. The lowest BCUT2D eigenvalue weighted by Crippen LogP contribution is -2.51. The summed E-state index contributed by atoms with van der Waals surface area (Å²) in [4.78, 5) is 15.0. The van der Waals surface area contributed by atoms with Crippen LogP contribution in [0.4, 0.5) is 0 Å². The molecule has 1 amide bonds. The number of piperidine rings is 1. The Bertz CT molecular complexity index is 309. The van der Waals surface area contributed by atoms with E-state index >= 15 is 0 Å². The Labute approximate surface area is 116 Å². The van der Waals surface area contributed by atoms with Crippen LogP contribution in [0.5, 0.6) is 0 Å². The van der Waals surface area contributed by atoms with Crippen molar-refractivity contribution >= 4 is 5.91 Å². The van der Waals surface area contributed by atoms with Crippen LogP contribution in [0.3, 0.4) is 0 Å². The van der Waals surface area contributed by atoms with E-state index in [1.165, 1.54) is 0 Å². The number of aliphatic hydroxyl groups is 1. The molecule has 4 nitrogen and oxygen atoms in total. The first kappa shape index (κ1) is 14.8. The lowest BCUT2D eigenvalue weighted by atomic mass is 9.74. The number of hydrogen-bond acceptors (Lipinski definition) is 3. The molecule has 2 fully saturated rings. The van der Waals surface area contributed by atoms with E-state index in [4.69, 9.17) is 5.11 Å². The monoisotopic (exact) mass is 268 g/mol. The summed E-state index contributed by atoms with van der Waals surface area (Å²) in [5.74, 6) is 1.21. The van der Waals surface area contributed by atoms with Gasteiger partial charge in [0.05, 0.1) is 5.41 Å². The maximum absolute atomic E-state index is 12.9. The number of nitrogens with one attached hydrogen (secondary N) is 1. The fourth-order valence-corrected chi connectivity index (χ4v) is 3.62. The molecular formula is C15H28N2O2. The summed E-state index contributed by atoms with van der Waals surface area (Å²) in [6.45, 7) is 8.09. The van der Waals surface area contributed by atoms with Crippen molar-refractivity contribution < 1.29 is 9.90 Å². The van der Waals surface area contributed by atoms with E-state index in [2.05, 4.69) is 24.1 Å². The highest BCUT2D eigenvalue weighted by molar-refractivity contribution is 5.83. The SMILES string of the molecule is CC(C)C1(C(=O)N2CCCC(CCO)C2)CCNC1. The highest BCUT2D eigenvalue weighted by Crippen LogP contribution is 2.37. The normalized spacial score (nSPS) is 32.0. The van der Waals surface area contributed by atoms with Crippen LogP contribution in [-0.4, -0.2) is 48.7 Å². The number of rotatable bonds is 4. The van der Waals surface area contributed by atoms with Gasteiger partial charge in [-0.25, -0.2) is 0 Å². The fraction of sp³-hybridized carbons (Fsp3) is 0.933. The minimum Gasteiger partial charge on any atom is -0.396 e. The number of nitrogens with zero attached hydrogens (tertiary/aromatic N) is 1. The van der Waals surface area contributed by atoms with E-state index in [-0.39, 0.29) is 12.0 Å². The molecule has 0 radical (unpaired) electrons. The van der Waals surface area contributed by atoms with Gasteiger partial charge in [-0.2, -0.15) is 0 Å². The highest BCUT2D eigenvalue weighted by atomic mass is 16.3. The van der Waals surface area contributed by atoms with Crippen LogP contribution in [0.15, 0.2) is 0 Å². The van der Waals surface area contributed by atoms with Crippen LogP contribution in [-0.2, 0) is 4.79 Å². The van der Waals surface area contributed by atoms with Crippen LogP contribution < -0.4 is 5.32 Å². The molecule has 2 unspecified atom stereocenters. The largest absolute Gasteiger partial charge is 0.396 e. The minimum atomic E-state index is -0.193. The first-order chi connectivity index (χ1) is 9.10. The molecule has 0 spiro atoms. The first-order valence-corrected chi connectivity index (χ1v) is 7.71. The van der Waals surface area contributed by atoms with Crippen LogP contribution in [0, 0.1) is 17.3 Å². The second kappa shape index (κ2) is 6.23. The number of carbonyl (C=O) groups is 1. The molecule has 2 aliphatic heterocycles. The van der Waals surface area contributed by atoms with Crippen molar-refractivity contribution in [1.82, 2.24) is 10.2 Å². The Morgan fingerprint density at radius 1 is 1.53 bits per heavy atom. The Hall–Kier alpha value is -0.610. The number of aliphatic hydroxyl groups excluding tert-OH is 1. The molecule has 0 aromatic rings. The molecule has 2 aliphatic rings. The molecule has 110 valence electrons. The summed E-state index contributed by atoms with van der Waals surface area (Å²) in [7, 11) is 0. The van der Waals surface area contributed by atoms with Gasteiger partial charge in [-0.05, 0) is 44.1 Å². The first-order valence-electron chi connectivity index (χ1n) is 7.71. The predicted octanol–water partition coefficient (Wildman–Crippen LogP) is 1.24. The highest BCUT2D eigenvalue weighted by Gasteiger charge is 2.46. The minimum absolute atomic E-state index is 0.193. The van der Waals surface area contributed by atoms with Gasteiger partial charge in [-0.1, -0.05) is 13.8 Å². The fourth-order valence-electron chi connectivity index (χ4n) is 3.62. The van der Waals surface area contributed by atoms with Crippen LogP contribution >= 0.6 is 0 Å². The third-order valence-corrected chi connectivity index (χ3v) is 5.06. The summed E-state index contributed by atoms with van der Waals surface area (Å²) in [5.41, 5.74) is -0.193. The zero-order valence-electron chi connectivity index (χ0n) is 12.3. The van der Waals surface area contributed by atoms with Gasteiger partial charge in [0.2, 0.25) is 5.91 Å². The zero-order valence-corrected chi connectivity index (χ0v) is 12.3. The van der Waals surface area contributed by atoms with Crippen molar-refractivity contribution in [3.8, 4) is 0 Å². The van der Waals surface area contributed by atoms with Crippen molar-refractivity contribution in [2.45, 2.75) is 39.5 Å². The van der Waals surface area contributed by atoms with Gasteiger partial charge in [0, 0.05) is 26.2 Å². The second-order valence-corrected chi connectivity index (χ2v) is 6.51. The van der Waals surface area contributed by atoms with E-state index in [1.54, 1.807) is 0 Å². The van der Waals surface area contributed by atoms with Crippen LogP contribution in [0.2, 0.25) is 0 Å². The Kier molecular flexibility index (Phi) is 4.85. The molecule has 19 heavy (non-hydrogen) atoms. The average Bonchev–Trinajstić information content (AvgIpc) is 2.89. The molecule has 0 aromatic carbocycles. The number of amides is 1. The smallest absolute Gasteiger partial charge is 0.230 e. The van der Waals surface area contributed by atoms with Crippen LogP contribution in [0.25, 0.3) is 0 Å². The van der Waals surface area contributed by atoms with Gasteiger partial charge >= 0.3 is 0 Å². The lowest BCUT2D eigenvalue weighted by molar-refractivity contribution is -0.145. The number of carbonyl (C=O) groups excluding carboxylic acids is 1. The molecular weight excluding hydrogens is 240 g/mol. The predicted molar refractivity (Wildman–Crippen MR) is 75.8 cm³/mol. The average molecular weight is 268 g/mol. The molecule has 0 saturated carbocycles. The van der Waals surface area contributed by atoms with Gasteiger partial charge in [-0.15, -0.1) is 0 Å². The molecule has 0 aromatic heterocycles. The van der Waals surface area contributed by atoms with E-state index in [0.29, 0.717) is 17.7 Å². The quantitative estimate of drug-likeness (QED) is 0.806. The van der Waals surface area contributed by atoms with Gasteiger partial charge in [0.1, 0.15) is 0 Å². The van der Waals surface area contributed by atoms with E-state index in [1.807, 2.05) is 0 Å². The van der Waals surface area contributed by atoms with Crippen molar-refractivity contribution in [2.75, 3.05) is 32.8 Å². The summed E-state index contributed by atoms with van der Waals surface area (Å²) < 4.78 is 0. The van der Waals surface area contributed by atoms with Crippen molar-refractivity contribution in [3.05, 3.63) is 0 Å². The number of hydrogen-bond donors (Lipinski definition) is 2. The summed E-state index contributed by atoms with van der Waals surface area (Å²) in [6.07, 6.45) is 4.02. The van der Waals surface area contributed by atoms with Crippen molar-refractivity contribution in [3.63, 3.8) is 0 Å². The molecule has 2 rings (SSSR count). The maximum atomic E-state index is 12.9. The molecule has 4 heteroatoms. The Morgan fingerprint density at radius 3 is 2.89 bits per heavy atom. The summed E-state index contributed by atoms with van der Waals surface area (Å²) in [6, 6.07) is 0. The van der Waals surface area contributed by atoms with Gasteiger partial charge in [-0.3, -0.25) is 4.79 Å². The van der Waals surface area contributed by atoms with Gasteiger partial charge in [0.15, 0.2) is 0 Å². The van der Waals surface area contributed by atoms with E-state index < -0.39 is 0 Å². The topological polar surface area (TPSA) is 52.6 Å². The second-order valence-electron chi connectivity index (χ2n) is 6.51. The molecule has 0 bridgehead atoms. The van der Waals surface area contributed by atoms with Gasteiger partial charge in [0.25, 0.3) is 0 Å². The Balaban J connectivity index is 2.05. The summed E-state index contributed by atoms with van der Waals surface area (Å²) >= 11 is 0. The molecule has 0 aliphatic carbocycles. The Morgan fingerprint density at radius 2 is 2.32 bits per heavy atom. The molecule has 2 N–H and O–H groups in total. The summed E-state index contributed by atoms with van der Waals surface area (Å²) in [5, 5.41) is 12.4. The standard InChI is InChI=1S/C15H28N2O2/c1-12(2)15(6-7-16-11-15)14(19)17-8-3-4-13(10-17)5-9-18/h12-13,16,18H,3-11H2,1-2H3. The molecule has 2 heterocycles. The lowest BCUT2D eigenvalue weighted by Gasteiger charge is -2.40. The van der Waals surface area contributed by atoms with E-state index in [9.17, 15) is 4.79 Å². The third-order valence-electron chi connectivity index (χ3n) is 5.06.